The van der Waals surface area contributed by atoms with E-state index in [4.69, 9.17) is 4.74 Å². The molecular formula is C19H27FIN3OS. The third-order valence-corrected chi connectivity index (χ3v) is 4.80. The van der Waals surface area contributed by atoms with E-state index < -0.39 is 0 Å². The number of nitrogens with zero attached hydrogens (tertiary/aromatic N) is 1. The van der Waals surface area contributed by atoms with Gasteiger partial charge in [-0.3, -0.25) is 4.99 Å². The van der Waals surface area contributed by atoms with Crippen LogP contribution >= 0.6 is 35.3 Å². The van der Waals surface area contributed by atoms with Crippen molar-refractivity contribution in [2.75, 3.05) is 14.2 Å². The standard InChI is InChI=1S/C19H26FN3OS.HI/c1-13(9-17-7-5-14(2)25-17)23-19(21-3)22-11-15-6-8-18(20)16(10-15)12-24-4;/h5-8,10,13H,9,11-12H2,1-4H3,(H2,21,22,23);1H. The summed E-state index contributed by atoms with van der Waals surface area (Å²) in [5, 5.41) is 6.67. The minimum absolute atomic E-state index is 0. The molecular weight excluding hydrogens is 464 g/mol. The normalized spacial score (nSPS) is 12.4. The van der Waals surface area contributed by atoms with Crippen LogP contribution in [0.5, 0.6) is 0 Å². The number of benzene rings is 1. The smallest absolute Gasteiger partial charge is 0.191 e. The van der Waals surface area contributed by atoms with Gasteiger partial charge >= 0.3 is 0 Å². The third-order valence-electron chi connectivity index (χ3n) is 3.78. The fraction of sp³-hybridized carbons (Fsp3) is 0.421. The Morgan fingerprint density at radius 1 is 1.31 bits per heavy atom. The molecule has 2 N–H and O–H groups in total. The maximum absolute atomic E-state index is 13.7. The van der Waals surface area contributed by atoms with Crippen molar-refractivity contribution >= 4 is 41.3 Å². The highest BCUT2D eigenvalue weighted by molar-refractivity contribution is 14.0. The Morgan fingerprint density at radius 3 is 2.69 bits per heavy atom. The van der Waals surface area contributed by atoms with E-state index in [-0.39, 0.29) is 42.4 Å². The zero-order valence-corrected chi connectivity index (χ0v) is 18.8. The van der Waals surface area contributed by atoms with Crippen LogP contribution in [0.25, 0.3) is 0 Å². The highest BCUT2D eigenvalue weighted by Crippen LogP contribution is 2.16. The first kappa shape index (κ1) is 22.9. The molecule has 0 spiro atoms. The molecule has 2 rings (SSSR count). The second-order valence-electron chi connectivity index (χ2n) is 6.05. The number of thiophene rings is 1. The molecule has 0 bridgehead atoms. The van der Waals surface area contributed by atoms with Crippen molar-refractivity contribution in [3.8, 4) is 0 Å². The molecule has 0 aliphatic rings. The van der Waals surface area contributed by atoms with Gasteiger partial charge in [0, 0.05) is 48.5 Å². The first-order valence-corrected chi connectivity index (χ1v) is 9.12. The Balaban J connectivity index is 0.00000338. The Kier molecular flexibility index (Phi) is 10.1. The summed E-state index contributed by atoms with van der Waals surface area (Å²) < 4.78 is 18.7. The molecule has 7 heteroatoms. The van der Waals surface area contributed by atoms with E-state index in [0.29, 0.717) is 12.1 Å². The molecule has 0 aliphatic carbocycles. The monoisotopic (exact) mass is 491 g/mol. The first-order chi connectivity index (χ1) is 12.0. The van der Waals surface area contributed by atoms with E-state index in [1.807, 2.05) is 17.4 Å². The zero-order valence-electron chi connectivity index (χ0n) is 15.6. The topological polar surface area (TPSA) is 45.7 Å². The number of guanidine groups is 1. The lowest BCUT2D eigenvalue weighted by atomic mass is 10.1. The van der Waals surface area contributed by atoms with Gasteiger partial charge in [0.25, 0.3) is 0 Å². The van der Waals surface area contributed by atoms with Gasteiger partial charge in [0.2, 0.25) is 0 Å². The average Bonchev–Trinajstić information content (AvgIpc) is 2.99. The van der Waals surface area contributed by atoms with Gasteiger partial charge in [-0.1, -0.05) is 6.07 Å². The van der Waals surface area contributed by atoms with Crippen molar-refractivity contribution in [2.24, 2.45) is 4.99 Å². The molecule has 1 aromatic heterocycles. The number of halogens is 2. The third kappa shape index (κ3) is 7.20. The number of hydrogen-bond donors (Lipinski definition) is 2. The van der Waals surface area contributed by atoms with Crippen molar-refractivity contribution in [3.63, 3.8) is 0 Å². The Labute approximate surface area is 176 Å². The Hall–Kier alpha value is -1.19. The Morgan fingerprint density at radius 2 is 2.08 bits per heavy atom. The predicted molar refractivity (Wildman–Crippen MR) is 118 cm³/mol. The second-order valence-corrected chi connectivity index (χ2v) is 7.42. The molecule has 0 amide bonds. The number of ether oxygens (including phenoxy) is 1. The van der Waals surface area contributed by atoms with Gasteiger partial charge in [0.1, 0.15) is 5.82 Å². The van der Waals surface area contributed by atoms with Crippen LogP contribution in [0, 0.1) is 12.7 Å². The van der Waals surface area contributed by atoms with Gasteiger partial charge < -0.3 is 15.4 Å². The van der Waals surface area contributed by atoms with Gasteiger partial charge in [-0.25, -0.2) is 4.39 Å². The fourth-order valence-electron chi connectivity index (χ4n) is 2.57. The highest BCUT2D eigenvalue weighted by atomic mass is 127. The molecule has 26 heavy (non-hydrogen) atoms. The van der Waals surface area contributed by atoms with Gasteiger partial charge in [-0.05, 0) is 43.7 Å². The highest BCUT2D eigenvalue weighted by Gasteiger charge is 2.09. The van der Waals surface area contributed by atoms with Crippen LogP contribution in [0.3, 0.4) is 0 Å². The van der Waals surface area contributed by atoms with Crippen LogP contribution in [0.1, 0.15) is 27.8 Å². The quantitative estimate of drug-likeness (QED) is 0.346. The number of nitrogens with one attached hydrogen (secondary N) is 2. The minimum atomic E-state index is -0.243. The van der Waals surface area contributed by atoms with Crippen LogP contribution in [-0.4, -0.2) is 26.2 Å². The van der Waals surface area contributed by atoms with Crippen LogP contribution in [0.15, 0.2) is 35.3 Å². The molecule has 1 aromatic carbocycles. The minimum Gasteiger partial charge on any atom is -0.380 e. The number of methoxy groups -OCH3 is 1. The maximum Gasteiger partial charge on any atom is 0.191 e. The van der Waals surface area contributed by atoms with Crippen molar-refractivity contribution in [3.05, 3.63) is 57.0 Å². The lowest BCUT2D eigenvalue weighted by Gasteiger charge is -2.17. The van der Waals surface area contributed by atoms with Crippen molar-refractivity contribution in [1.82, 2.24) is 10.6 Å². The largest absolute Gasteiger partial charge is 0.380 e. The summed E-state index contributed by atoms with van der Waals surface area (Å²) in [5.41, 5.74) is 1.55. The molecule has 1 atom stereocenters. The van der Waals surface area contributed by atoms with Crippen LogP contribution < -0.4 is 10.6 Å². The van der Waals surface area contributed by atoms with Crippen molar-refractivity contribution < 1.29 is 9.13 Å². The fourth-order valence-corrected chi connectivity index (χ4v) is 3.58. The van der Waals surface area contributed by atoms with Crippen LogP contribution in [-0.2, 0) is 24.3 Å². The molecule has 1 heterocycles. The Bertz CT molecular complexity index is 721. The summed E-state index contributed by atoms with van der Waals surface area (Å²) >= 11 is 1.82. The molecule has 0 fully saturated rings. The summed E-state index contributed by atoms with van der Waals surface area (Å²) in [5.74, 6) is 0.492. The van der Waals surface area contributed by atoms with Crippen LogP contribution in [0.2, 0.25) is 0 Å². The second kappa shape index (κ2) is 11.5. The molecule has 0 aliphatic heterocycles. The van der Waals surface area contributed by atoms with Gasteiger partial charge in [-0.2, -0.15) is 0 Å². The summed E-state index contributed by atoms with van der Waals surface area (Å²) in [6.07, 6.45) is 0.952. The van der Waals surface area contributed by atoms with E-state index in [0.717, 1.165) is 17.9 Å². The summed E-state index contributed by atoms with van der Waals surface area (Å²) in [6, 6.07) is 9.64. The lowest BCUT2D eigenvalue weighted by molar-refractivity contribution is 0.181. The summed E-state index contributed by atoms with van der Waals surface area (Å²) in [7, 11) is 3.31. The SMILES string of the molecule is CN=C(NCc1ccc(F)c(COC)c1)NC(C)Cc1ccc(C)s1.I. The van der Waals surface area contributed by atoms with Crippen LogP contribution in [0.4, 0.5) is 4.39 Å². The van der Waals surface area contributed by atoms with Crippen molar-refractivity contribution in [1.29, 1.82) is 0 Å². The van der Waals surface area contributed by atoms with Gasteiger partial charge in [0.15, 0.2) is 5.96 Å². The number of rotatable bonds is 7. The summed E-state index contributed by atoms with van der Waals surface area (Å²) in [4.78, 5) is 6.95. The zero-order chi connectivity index (χ0) is 18.2. The van der Waals surface area contributed by atoms with E-state index in [9.17, 15) is 4.39 Å². The number of hydrogen-bond acceptors (Lipinski definition) is 3. The molecule has 1 unspecified atom stereocenters. The van der Waals surface area contributed by atoms with E-state index in [1.54, 1.807) is 20.2 Å². The summed E-state index contributed by atoms with van der Waals surface area (Å²) in [6.45, 7) is 5.09. The molecule has 0 radical (unpaired) electrons. The first-order valence-electron chi connectivity index (χ1n) is 8.30. The number of aryl methyl sites for hydroxylation is 1. The van der Waals surface area contributed by atoms with Crippen molar-refractivity contribution in [2.45, 2.75) is 39.5 Å². The van der Waals surface area contributed by atoms with Gasteiger partial charge in [-0.15, -0.1) is 35.3 Å². The van der Waals surface area contributed by atoms with E-state index in [1.165, 1.54) is 15.8 Å². The van der Waals surface area contributed by atoms with E-state index in [2.05, 4.69) is 41.6 Å². The van der Waals surface area contributed by atoms with Gasteiger partial charge in [0.05, 0.1) is 6.61 Å². The molecule has 144 valence electrons. The average molecular weight is 491 g/mol. The maximum atomic E-state index is 13.7. The molecule has 4 nitrogen and oxygen atoms in total. The lowest BCUT2D eigenvalue weighted by Crippen LogP contribution is -2.42. The molecule has 2 aromatic rings. The number of aliphatic imine (C=N–C) groups is 1. The van der Waals surface area contributed by atoms with E-state index >= 15 is 0 Å². The predicted octanol–water partition coefficient (Wildman–Crippen LogP) is 4.26. The molecule has 0 saturated heterocycles. The molecule has 0 saturated carbocycles.